The first-order valence-electron chi connectivity index (χ1n) is 5.26. The van der Waals surface area contributed by atoms with E-state index in [9.17, 15) is 8.42 Å². The van der Waals surface area contributed by atoms with Gasteiger partial charge in [-0.05, 0) is 13.5 Å². The normalized spacial score (nSPS) is 23.4. The van der Waals surface area contributed by atoms with Crippen molar-refractivity contribution in [2.45, 2.75) is 18.9 Å². The summed E-state index contributed by atoms with van der Waals surface area (Å²) in [6, 6.07) is 0. The van der Waals surface area contributed by atoms with Crippen molar-refractivity contribution in [1.29, 1.82) is 0 Å². The van der Waals surface area contributed by atoms with Gasteiger partial charge in [-0.3, -0.25) is 0 Å². The van der Waals surface area contributed by atoms with Crippen molar-refractivity contribution < 1.29 is 8.42 Å². The minimum Gasteiger partial charge on any atom is -0.316 e. The lowest BCUT2D eigenvalue weighted by atomic mass is 10.1. The minimum absolute atomic E-state index is 0.0198. The maximum Gasteiger partial charge on any atom is 0.151 e. The molecule has 1 unspecified atom stereocenters. The average molecular weight is 241 g/mol. The van der Waals surface area contributed by atoms with Crippen LogP contribution in [0.15, 0.2) is 12.4 Å². The van der Waals surface area contributed by atoms with E-state index in [4.69, 9.17) is 0 Å². The van der Waals surface area contributed by atoms with Gasteiger partial charge >= 0.3 is 0 Å². The van der Waals surface area contributed by atoms with Crippen molar-refractivity contribution in [3.63, 3.8) is 0 Å². The van der Waals surface area contributed by atoms with E-state index in [1.807, 2.05) is 7.05 Å². The van der Waals surface area contributed by atoms with Gasteiger partial charge in [0.25, 0.3) is 0 Å². The lowest BCUT2D eigenvalue weighted by Crippen LogP contribution is -2.10. The second-order valence-electron chi connectivity index (χ2n) is 4.08. The van der Waals surface area contributed by atoms with Crippen LogP contribution in [0.4, 0.5) is 0 Å². The Kier molecular flexibility index (Phi) is 3.20. The highest BCUT2D eigenvalue weighted by Crippen LogP contribution is 2.25. The van der Waals surface area contributed by atoms with E-state index in [-0.39, 0.29) is 17.4 Å². The molecule has 0 radical (unpaired) electrons. The summed E-state index contributed by atoms with van der Waals surface area (Å²) in [6.45, 7) is 0.725. The number of rotatable bonds is 3. The summed E-state index contributed by atoms with van der Waals surface area (Å²) in [4.78, 5) is 8.46. The molecule has 1 atom stereocenters. The molecule has 0 amide bonds. The van der Waals surface area contributed by atoms with E-state index in [1.54, 1.807) is 12.4 Å². The van der Waals surface area contributed by atoms with Crippen LogP contribution in [0.1, 0.15) is 23.7 Å². The quantitative estimate of drug-likeness (QED) is 0.812. The van der Waals surface area contributed by atoms with E-state index in [1.165, 1.54) is 0 Å². The van der Waals surface area contributed by atoms with E-state index >= 15 is 0 Å². The zero-order valence-corrected chi connectivity index (χ0v) is 10.00. The largest absolute Gasteiger partial charge is 0.316 e. The van der Waals surface area contributed by atoms with Gasteiger partial charge in [0.05, 0.1) is 11.5 Å². The van der Waals surface area contributed by atoms with Gasteiger partial charge in [0.1, 0.15) is 5.82 Å². The second kappa shape index (κ2) is 4.47. The monoisotopic (exact) mass is 241 g/mol. The third-order valence-electron chi connectivity index (χ3n) is 2.70. The topological polar surface area (TPSA) is 72.0 Å². The number of hydrogen-bond donors (Lipinski definition) is 1. The van der Waals surface area contributed by atoms with Crippen LogP contribution < -0.4 is 5.32 Å². The molecule has 1 saturated heterocycles. The van der Waals surface area contributed by atoms with Crippen LogP contribution in [-0.2, 0) is 16.4 Å². The van der Waals surface area contributed by atoms with Gasteiger partial charge in [-0.15, -0.1) is 0 Å². The van der Waals surface area contributed by atoms with Crippen LogP contribution >= 0.6 is 0 Å². The molecule has 1 aromatic rings. The highest BCUT2D eigenvalue weighted by Gasteiger charge is 2.30. The number of nitrogens with zero attached hydrogens (tertiary/aromatic N) is 2. The molecule has 0 bridgehead atoms. The van der Waals surface area contributed by atoms with Crippen LogP contribution in [0.25, 0.3) is 0 Å². The standard InChI is InChI=1S/C10H15N3O2S/c1-11-4-8-5-12-10(13-6-8)9-2-3-16(14,15)7-9/h5-6,9,11H,2-4,7H2,1H3. The van der Waals surface area contributed by atoms with Crippen molar-refractivity contribution in [1.82, 2.24) is 15.3 Å². The first-order valence-corrected chi connectivity index (χ1v) is 7.09. The van der Waals surface area contributed by atoms with Crippen molar-refractivity contribution >= 4 is 9.84 Å². The average Bonchev–Trinajstić information content (AvgIpc) is 2.61. The smallest absolute Gasteiger partial charge is 0.151 e. The van der Waals surface area contributed by atoms with Crippen LogP contribution in [0, 0.1) is 0 Å². The molecule has 1 aromatic heterocycles. The fourth-order valence-corrected chi connectivity index (χ4v) is 3.61. The van der Waals surface area contributed by atoms with E-state index < -0.39 is 9.84 Å². The summed E-state index contributed by atoms with van der Waals surface area (Å²) in [5.41, 5.74) is 1.01. The molecule has 1 aliphatic heterocycles. The third kappa shape index (κ3) is 2.56. The van der Waals surface area contributed by atoms with Crippen LogP contribution in [0.3, 0.4) is 0 Å². The highest BCUT2D eigenvalue weighted by atomic mass is 32.2. The summed E-state index contributed by atoms with van der Waals surface area (Å²) in [6.07, 6.45) is 4.15. The number of hydrogen-bond acceptors (Lipinski definition) is 5. The maximum absolute atomic E-state index is 11.3. The molecule has 6 heteroatoms. The third-order valence-corrected chi connectivity index (χ3v) is 4.47. The minimum atomic E-state index is -2.86. The molecule has 0 spiro atoms. The first-order chi connectivity index (χ1) is 7.61. The molecule has 2 rings (SSSR count). The van der Waals surface area contributed by atoms with E-state index in [0.717, 1.165) is 12.1 Å². The zero-order valence-electron chi connectivity index (χ0n) is 9.18. The molecule has 1 N–H and O–H groups in total. The van der Waals surface area contributed by atoms with Gasteiger partial charge in [0.15, 0.2) is 9.84 Å². The van der Waals surface area contributed by atoms with Crippen molar-refractivity contribution in [3.05, 3.63) is 23.8 Å². The van der Waals surface area contributed by atoms with Gasteiger partial charge in [0.2, 0.25) is 0 Å². The Morgan fingerprint density at radius 2 is 2.12 bits per heavy atom. The predicted molar refractivity (Wildman–Crippen MR) is 60.8 cm³/mol. The molecule has 1 fully saturated rings. The van der Waals surface area contributed by atoms with Gasteiger partial charge < -0.3 is 5.32 Å². The van der Waals surface area contributed by atoms with E-state index in [0.29, 0.717) is 12.2 Å². The Balaban J connectivity index is 2.11. The molecule has 0 aliphatic carbocycles. The van der Waals surface area contributed by atoms with Crippen LogP contribution in [0.2, 0.25) is 0 Å². The fourth-order valence-electron chi connectivity index (χ4n) is 1.87. The second-order valence-corrected chi connectivity index (χ2v) is 6.31. The lowest BCUT2D eigenvalue weighted by molar-refractivity contribution is 0.601. The summed E-state index contributed by atoms with van der Waals surface area (Å²) in [5, 5.41) is 3.01. The fraction of sp³-hybridized carbons (Fsp3) is 0.600. The summed E-state index contributed by atoms with van der Waals surface area (Å²) in [5.74, 6) is 1.09. The molecule has 2 heterocycles. The van der Waals surface area contributed by atoms with E-state index in [2.05, 4.69) is 15.3 Å². The molecule has 0 saturated carbocycles. The Bertz CT molecular complexity index is 455. The number of nitrogens with one attached hydrogen (secondary N) is 1. The first kappa shape index (κ1) is 11.5. The van der Waals surface area contributed by atoms with Gasteiger partial charge in [-0.25, -0.2) is 18.4 Å². The molecular weight excluding hydrogens is 226 g/mol. The Morgan fingerprint density at radius 1 is 1.44 bits per heavy atom. The van der Waals surface area contributed by atoms with Gasteiger partial charge in [-0.2, -0.15) is 0 Å². The van der Waals surface area contributed by atoms with Crippen LogP contribution in [-0.4, -0.2) is 36.9 Å². The number of sulfone groups is 1. The van der Waals surface area contributed by atoms with Gasteiger partial charge in [-0.1, -0.05) is 0 Å². The zero-order chi connectivity index (χ0) is 11.6. The summed E-state index contributed by atoms with van der Waals surface area (Å²) >= 11 is 0. The molecular formula is C10H15N3O2S. The Hall–Kier alpha value is -1.01. The highest BCUT2D eigenvalue weighted by molar-refractivity contribution is 7.91. The lowest BCUT2D eigenvalue weighted by Gasteiger charge is -2.06. The Morgan fingerprint density at radius 3 is 2.62 bits per heavy atom. The van der Waals surface area contributed by atoms with Crippen molar-refractivity contribution in [3.8, 4) is 0 Å². The SMILES string of the molecule is CNCc1cnc(C2CCS(=O)(=O)C2)nc1. The van der Waals surface area contributed by atoms with Gasteiger partial charge in [0, 0.05) is 30.4 Å². The molecule has 16 heavy (non-hydrogen) atoms. The summed E-state index contributed by atoms with van der Waals surface area (Å²) in [7, 11) is -0.998. The van der Waals surface area contributed by atoms with Crippen molar-refractivity contribution in [2.24, 2.45) is 0 Å². The van der Waals surface area contributed by atoms with Crippen LogP contribution in [0.5, 0.6) is 0 Å². The molecule has 88 valence electrons. The molecule has 5 nitrogen and oxygen atoms in total. The molecule has 0 aromatic carbocycles. The predicted octanol–water partition coefficient (Wildman–Crippen LogP) is 0.0981. The number of aromatic nitrogens is 2. The maximum atomic E-state index is 11.3. The Labute approximate surface area is 95.2 Å². The van der Waals surface area contributed by atoms with Crippen molar-refractivity contribution in [2.75, 3.05) is 18.6 Å². The summed E-state index contributed by atoms with van der Waals surface area (Å²) < 4.78 is 22.6. The molecule has 1 aliphatic rings.